The highest BCUT2D eigenvalue weighted by Gasteiger charge is 2.08. The third kappa shape index (κ3) is 1.91. The lowest BCUT2D eigenvalue weighted by atomic mass is 10.1. The molecule has 0 bridgehead atoms. The lowest BCUT2D eigenvalue weighted by molar-refractivity contribution is 0.462. The summed E-state index contributed by atoms with van der Waals surface area (Å²) in [4.78, 5) is 0. The molecule has 0 aliphatic rings. The third-order valence-corrected chi connectivity index (χ3v) is 2.75. The molecule has 66 valence electrons. The molecule has 1 aromatic carbocycles. The molecule has 0 saturated carbocycles. The standard InChI is InChI=1S/C9H11FOS/c1-6(12-2)8-4-3-7(10)5-9(8)11/h3-6,11H,1-2H3. The molecule has 0 heterocycles. The zero-order valence-corrected chi connectivity index (χ0v) is 7.86. The van der Waals surface area contributed by atoms with E-state index in [-0.39, 0.29) is 11.0 Å². The monoisotopic (exact) mass is 186 g/mol. The lowest BCUT2D eigenvalue weighted by Gasteiger charge is -2.09. The summed E-state index contributed by atoms with van der Waals surface area (Å²) in [5, 5.41) is 9.54. The summed E-state index contributed by atoms with van der Waals surface area (Å²) in [5.41, 5.74) is 0.781. The van der Waals surface area contributed by atoms with Crippen LogP contribution in [-0.4, -0.2) is 11.4 Å². The summed E-state index contributed by atoms with van der Waals surface area (Å²) in [5.74, 6) is -0.360. The first-order valence-electron chi connectivity index (χ1n) is 3.66. The molecule has 1 unspecified atom stereocenters. The Morgan fingerprint density at radius 2 is 2.17 bits per heavy atom. The van der Waals surface area contributed by atoms with Gasteiger partial charge in [-0.15, -0.1) is 0 Å². The van der Waals surface area contributed by atoms with Crippen molar-refractivity contribution in [2.75, 3.05) is 6.26 Å². The van der Waals surface area contributed by atoms with Crippen LogP contribution in [0.3, 0.4) is 0 Å². The summed E-state index contributed by atoms with van der Waals surface area (Å²) in [6, 6.07) is 4.12. The highest BCUT2D eigenvalue weighted by atomic mass is 32.2. The van der Waals surface area contributed by atoms with Crippen LogP contribution in [0, 0.1) is 5.82 Å². The molecule has 0 saturated heterocycles. The van der Waals surface area contributed by atoms with Gasteiger partial charge in [0, 0.05) is 16.9 Å². The first kappa shape index (κ1) is 9.39. The van der Waals surface area contributed by atoms with Crippen LogP contribution in [-0.2, 0) is 0 Å². The van der Waals surface area contributed by atoms with Gasteiger partial charge in [0.05, 0.1) is 0 Å². The summed E-state index contributed by atoms with van der Waals surface area (Å²) in [6.45, 7) is 1.97. The van der Waals surface area contributed by atoms with Crippen LogP contribution in [0.15, 0.2) is 18.2 Å². The summed E-state index contributed by atoms with van der Waals surface area (Å²) >= 11 is 1.62. The van der Waals surface area contributed by atoms with Crippen molar-refractivity contribution in [2.24, 2.45) is 0 Å². The fourth-order valence-corrected chi connectivity index (χ4v) is 1.44. The Morgan fingerprint density at radius 1 is 1.50 bits per heavy atom. The van der Waals surface area contributed by atoms with Gasteiger partial charge in [0.2, 0.25) is 0 Å². The summed E-state index contributed by atoms with van der Waals surface area (Å²) in [6.07, 6.45) is 1.95. The second-order valence-electron chi connectivity index (χ2n) is 2.58. The first-order valence-corrected chi connectivity index (χ1v) is 4.95. The molecule has 0 amide bonds. The second kappa shape index (κ2) is 3.81. The van der Waals surface area contributed by atoms with Gasteiger partial charge in [0.25, 0.3) is 0 Å². The molecule has 1 rings (SSSR count). The van der Waals surface area contributed by atoms with E-state index in [1.165, 1.54) is 6.07 Å². The minimum absolute atomic E-state index is 0.0388. The van der Waals surface area contributed by atoms with Crippen molar-refractivity contribution < 1.29 is 9.50 Å². The van der Waals surface area contributed by atoms with Crippen molar-refractivity contribution in [3.05, 3.63) is 29.6 Å². The molecule has 0 fully saturated rings. The van der Waals surface area contributed by atoms with E-state index in [4.69, 9.17) is 0 Å². The summed E-state index contributed by atoms with van der Waals surface area (Å²) in [7, 11) is 0. The average molecular weight is 186 g/mol. The quantitative estimate of drug-likeness (QED) is 0.766. The van der Waals surface area contributed by atoms with Crippen LogP contribution in [0.5, 0.6) is 5.75 Å². The highest BCUT2D eigenvalue weighted by molar-refractivity contribution is 7.98. The van der Waals surface area contributed by atoms with Crippen LogP contribution < -0.4 is 0 Å². The van der Waals surface area contributed by atoms with Crippen LogP contribution in [0.4, 0.5) is 4.39 Å². The number of benzene rings is 1. The average Bonchev–Trinajstić information content (AvgIpc) is 2.03. The molecule has 0 radical (unpaired) electrons. The van der Waals surface area contributed by atoms with E-state index in [0.717, 1.165) is 11.6 Å². The number of rotatable bonds is 2. The molecule has 0 spiro atoms. The van der Waals surface area contributed by atoms with Crippen molar-refractivity contribution in [2.45, 2.75) is 12.2 Å². The number of aromatic hydroxyl groups is 1. The predicted molar refractivity (Wildman–Crippen MR) is 50.0 cm³/mol. The third-order valence-electron chi connectivity index (χ3n) is 1.78. The van der Waals surface area contributed by atoms with Gasteiger partial charge in [-0.25, -0.2) is 4.39 Å². The van der Waals surface area contributed by atoms with Gasteiger partial charge in [-0.3, -0.25) is 0 Å². The Morgan fingerprint density at radius 3 is 2.67 bits per heavy atom. The maximum atomic E-state index is 12.5. The predicted octanol–water partition coefficient (Wildman–Crippen LogP) is 2.96. The van der Waals surface area contributed by atoms with Crippen LogP contribution in [0.2, 0.25) is 0 Å². The van der Waals surface area contributed by atoms with Gasteiger partial charge in [-0.1, -0.05) is 6.07 Å². The Hall–Kier alpha value is -0.700. The zero-order chi connectivity index (χ0) is 9.14. The van der Waals surface area contributed by atoms with Crippen molar-refractivity contribution >= 4 is 11.8 Å². The van der Waals surface area contributed by atoms with E-state index in [1.807, 2.05) is 13.2 Å². The molecule has 12 heavy (non-hydrogen) atoms. The Labute approximate surface area is 75.6 Å². The maximum absolute atomic E-state index is 12.5. The minimum Gasteiger partial charge on any atom is -0.508 e. The normalized spacial score (nSPS) is 12.9. The number of phenols is 1. The fraction of sp³-hybridized carbons (Fsp3) is 0.333. The van der Waals surface area contributed by atoms with Gasteiger partial charge in [0.1, 0.15) is 11.6 Å². The van der Waals surface area contributed by atoms with E-state index >= 15 is 0 Å². The van der Waals surface area contributed by atoms with Crippen LogP contribution >= 0.6 is 11.8 Å². The zero-order valence-electron chi connectivity index (χ0n) is 7.04. The van der Waals surface area contributed by atoms with Crippen molar-refractivity contribution in [3.8, 4) is 5.75 Å². The molecule has 0 aromatic heterocycles. The molecule has 1 nitrogen and oxygen atoms in total. The molecule has 0 aliphatic carbocycles. The minimum atomic E-state index is -0.399. The number of hydrogen-bond donors (Lipinski definition) is 1. The van der Waals surface area contributed by atoms with Crippen molar-refractivity contribution in [1.29, 1.82) is 0 Å². The van der Waals surface area contributed by atoms with Crippen molar-refractivity contribution in [3.63, 3.8) is 0 Å². The number of thioether (sulfide) groups is 1. The van der Waals surface area contributed by atoms with Gasteiger partial charge in [-0.2, -0.15) is 11.8 Å². The van der Waals surface area contributed by atoms with Crippen LogP contribution in [0.1, 0.15) is 17.7 Å². The first-order chi connectivity index (χ1) is 5.65. The van der Waals surface area contributed by atoms with E-state index in [9.17, 15) is 9.50 Å². The SMILES string of the molecule is CSC(C)c1ccc(F)cc1O. The fourth-order valence-electron chi connectivity index (χ4n) is 0.988. The van der Waals surface area contributed by atoms with E-state index in [2.05, 4.69) is 0 Å². The second-order valence-corrected chi connectivity index (χ2v) is 3.76. The molecule has 1 aromatic rings. The van der Waals surface area contributed by atoms with Gasteiger partial charge >= 0.3 is 0 Å². The maximum Gasteiger partial charge on any atom is 0.126 e. The molecule has 1 N–H and O–H groups in total. The van der Waals surface area contributed by atoms with E-state index in [1.54, 1.807) is 17.8 Å². The van der Waals surface area contributed by atoms with Crippen molar-refractivity contribution in [1.82, 2.24) is 0 Å². The Balaban J connectivity index is 3.01. The Kier molecular flexibility index (Phi) is 2.98. The van der Waals surface area contributed by atoms with Crippen LogP contribution in [0.25, 0.3) is 0 Å². The lowest BCUT2D eigenvalue weighted by Crippen LogP contribution is -1.88. The van der Waals surface area contributed by atoms with Gasteiger partial charge in [-0.05, 0) is 19.2 Å². The smallest absolute Gasteiger partial charge is 0.126 e. The highest BCUT2D eigenvalue weighted by Crippen LogP contribution is 2.32. The molecule has 0 aliphatic heterocycles. The van der Waals surface area contributed by atoms with E-state index < -0.39 is 5.82 Å². The van der Waals surface area contributed by atoms with E-state index in [0.29, 0.717) is 0 Å². The van der Waals surface area contributed by atoms with Gasteiger partial charge in [0.15, 0.2) is 0 Å². The number of phenolic OH excluding ortho intramolecular Hbond substituents is 1. The molecular weight excluding hydrogens is 175 g/mol. The number of halogens is 1. The summed E-state index contributed by atoms with van der Waals surface area (Å²) < 4.78 is 12.5. The Bertz CT molecular complexity index is 275. The molecular formula is C9H11FOS. The molecule has 1 atom stereocenters. The number of hydrogen-bond acceptors (Lipinski definition) is 2. The molecule has 3 heteroatoms. The topological polar surface area (TPSA) is 20.2 Å². The largest absolute Gasteiger partial charge is 0.508 e. The van der Waals surface area contributed by atoms with Gasteiger partial charge < -0.3 is 5.11 Å².